The molecule has 0 saturated carbocycles. The Morgan fingerprint density at radius 3 is 2.85 bits per heavy atom. The lowest BCUT2D eigenvalue weighted by Gasteiger charge is -2.28. The van der Waals surface area contributed by atoms with Gasteiger partial charge in [0.2, 0.25) is 5.91 Å². The minimum Gasteiger partial charge on any atom is -0.489 e. The summed E-state index contributed by atoms with van der Waals surface area (Å²) < 4.78 is 18.2. The third-order valence-electron chi connectivity index (χ3n) is 4.32. The zero-order valence-corrected chi connectivity index (χ0v) is 15.7. The van der Waals surface area contributed by atoms with Gasteiger partial charge in [-0.25, -0.2) is 4.39 Å². The van der Waals surface area contributed by atoms with Crippen LogP contribution in [0.3, 0.4) is 0 Å². The lowest BCUT2D eigenvalue weighted by molar-refractivity contribution is -0.122. The van der Waals surface area contributed by atoms with E-state index in [1.54, 1.807) is 17.0 Å². The fraction of sp³-hybridized carbons (Fsp3) is 0.500. The molecule has 0 bridgehead atoms. The van der Waals surface area contributed by atoms with Gasteiger partial charge in [-0.15, -0.1) is 0 Å². The van der Waals surface area contributed by atoms with Crippen LogP contribution in [0.1, 0.15) is 43.1 Å². The van der Waals surface area contributed by atoms with Crippen molar-refractivity contribution >= 4 is 11.8 Å². The quantitative estimate of drug-likeness (QED) is 0.773. The van der Waals surface area contributed by atoms with E-state index in [0.717, 1.165) is 5.56 Å². The number of fused-ring (bicyclic) bond motifs is 1. The number of hydrogen-bond acceptors (Lipinski definition) is 3. The summed E-state index contributed by atoms with van der Waals surface area (Å²) in [6, 6.07) is 5.26. The van der Waals surface area contributed by atoms with Crippen molar-refractivity contribution < 1.29 is 18.7 Å². The average Bonchev–Trinajstić information content (AvgIpc) is 2.63. The van der Waals surface area contributed by atoms with E-state index < -0.39 is 0 Å². The molecule has 26 heavy (non-hydrogen) atoms. The Morgan fingerprint density at radius 1 is 1.42 bits per heavy atom. The Bertz CT molecular complexity index is 686. The fourth-order valence-corrected chi connectivity index (χ4v) is 2.69. The standard InChI is InChI=1S/C20H27FN2O3/c1-4-15(10-21)13-26-17-5-6-18-16(9-17)7-8-23(20(18)25)12-19(24)22-11-14(2)3/h5-6,9-10,14H,4,7-8,11-13H2,1-3H3,(H,22,24). The van der Waals surface area contributed by atoms with Crippen molar-refractivity contribution in [2.24, 2.45) is 5.92 Å². The molecule has 2 rings (SSSR count). The highest BCUT2D eigenvalue weighted by Gasteiger charge is 2.26. The highest BCUT2D eigenvalue weighted by atomic mass is 19.1. The maximum atomic E-state index is 12.6. The number of nitrogens with one attached hydrogen (secondary N) is 1. The van der Waals surface area contributed by atoms with Crippen LogP contribution in [-0.2, 0) is 11.2 Å². The summed E-state index contributed by atoms with van der Waals surface area (Å²) in [5.41, 5.74) is 2.07. The number of amides is 2. The number of ether oxygens (including phenoxy) is 1. The van der Waals surface area contributed by atoms with Crippen LogP contribution in [-0.4, -0.2) is 43.0 Å². The van der Waals surface area contributed by atoms with E-state index in [-0.39, 0.29) is 25.0 Å². The van der Waals surface area contributed by atoms with Crippen LogP contribution in [0.25, 0.3) is 0 Å². The highest BCUT2D eigenvalue weighted by molar-refractivity contribution is 5.98. The zero-order chi connectivity index (χ0) is 19.1. The largest absolute Gasteiger partial charge is 0.489 e. The highest BCUT2D eigenvalue weighted by Crippen LogP contribution is 2.24. The molecule has 1 heterocycles. The number of carbonyl (C=O) groups is 2. The van der Waals surface area contributed by atoms with Crippen molar-refractivity contribution in [2.75, 3.05) is 26.2 Å². The van der Waals surface area contributed by atoms with Crippen LogP contribution >= 0.6 is 0 Å². The number of benzene rings is 1. The van der Waals surface area contributed by atoms with E-state index in [1.165, 1.54) is 0 Å². The maximum Gasteiger partial charge on any atom is 0.254 e. The smallest absolute Gasteiger partial charge is 0.254 e. The van der Waals surface area contributed by atoms with Crippen molar-refractivity contribution in [1.29, 1.82) is 0 Å². The summed E-state index contributed by atoms with van der Waals surface area (Å²) in [4.78, 5) is 26.1. The number of nitrogens with zero attached hydrogens (tertiary/aromatic N) is 1. The normalized spacial score (nSPS) is 14.4. The van der Waals surface area contributed by atoms with Gasteiger partial charge in [0.1, 0.15) is 12.4 Å². The molecular weight excluding hydrogens is 335 g/mol. The second-order valence-electron chi connectivity index (χ2n) is 6.90. The molecule has 0 spiro atoms. The first-order chi connectivity index (χ1) is 12.4. The Morgan fingerprint density at radius 2 is 2.19 bits per heavy atom. The zero-order valence-electron chi connectivity index (χ0n) is 15.7. The van der Waals surface area contributed by atoms with E-state index in [1.807, 2.05) is 26.8 Å². The van der Waals surface area contributed by atoms with Crippen molar-refractivity contribution in [1.82, 2.24) is 10.2 Å². The molecule has 142 valence electrons. The molecule has 1 aliphatic heterocycles. The van der Waals surface area contributed by atoms with Gasteiger partial charge in [-0.05, 0) is 48.1 Å². The van der Waals surface area contributed by atoms with Crippen LogP contribution < -0.4 is 10.1 Å². The van der Waals surface area contributed by atoms with Gasteiger partial charge >= 0.3 is 0 Å². The fourth-order valence-electron chi connectivity index (χ4n) is 2.69. The van der Waals surface area contributed by atoms with Crippen LogP contribution in [0.2, 0.25) is 0 Å². The van der Waals surface area contributed by atoms with Crippen molar-refractivity contribution in [3.63, 3.8) is 0 Å². The van der Waals surface area contributed by atoms with Crippen LogP contribution in [0.5, 0.6) is 5.75 Å². The Kier molecular flexibility index (Phi) is 7.18. The third kappa shape index (κ3) is 5.31. The maximum absolute atomic E-state index is 12.6. The van der Waals surface area contributed by atoms with Gasteiger partial charge in [-0.2, -0.15) is 0 Å². The summed E-state index contributed by atoms with van der Waals surface area (Å²) >= 11 is 0. The Hall–Kier alpha value is -2.37. The first-order valence-corrected chi connectivity index (χ1v) is 9.04. The number of hydrogen-bond donors (Lipinski definition) is 1. The molecule has 0 saturated heterocycles. The SMILES string of the molecule is CCC(=CF)COc1ccc2c(c1)CCN(CC(=O)NCC(C)C)C2=O. The molecule has 0 unspecified atom stereocenters. The molecule has 2 amide bonds. The van der Waals surface area contributed by atoms with Gasteiger partial charge in [0, 0.05) is 18.7 Å². The van der Waals surface area contributed by atoms with Crippen molar-refractivity contribution in [3.05, 3.63) is 41.2 Å². The predicted octanol–water partition coefficient (Wildman–Crippen LogP) is 3.10. The Labute approximate surface area is 154 Å². The van der Waals surface area contributed by atoms with Gasteiger partial charge in [-0.3, -0.25) is 9.59 Å². The second-order valence-corrected chi connectivity index (χ2v) is 6.90. The first kappa shape index (κ1) is 19.9. The molecule has 6 heteroatoms. The van der Waals surface area contributed by atoms with Crippen LogP contribution in [0, 0.1) is 5.92 Å². The summed E-state index contributed by atoms with van der Waals surface area (Å²) in [5, 5.41) is 2.83. The molecule has 0 fully saturated rings. The van der Waals surface area contributed by atoms with Gasteiger partial charge in [0.15, 0.2) is 0 Å². The molecule has 0 atom stereocenters. The van der Waals surface area contributed by atoms with E-state index in [0.29, 0.717) is 55.1 Å². The molecule has 0 aromatic heterocycles. The molecule has 1 aliphatic rings. The number of rotatable bonds is 8. The minimum absolute atomic E-state index is 0.0738. The van der Waals surface area contributed by atoms with Gasteiger partial charge in [0.25, 0.3) is 5.91 Å². The number of halogens is 1. The average molecular weight is 362 g/mol. The molecule has 5 nitrogen and oxygen atoms in total. The monoisotopic (exact) mass is 362 g/mol. The van der Waals surface area contributed by atoms with E-state index in [2.05, 4.69) is 5.32 Å². The number of carbonyl (C=O) groups excluding carboxylic acids is 2. The molecule has 1 aromatic rings. The van der Waals surface area contributed by atoms with Gasteiger partial charge in [0.05, 0.1) is 12.9 Å². The molecular formula is C20H27FN2O3. The molecule has 1 N–H and O–H groups in total. The van der Waals surface area contributed by atoms with Crippen molar-refractivity contribution in [2.45, 2.75) is 33.6 Å². The van der Waals surface area contributed by atoms with Gasteiger partial charge in [-0.1, -0.05) is 20.8 Å². The van der Waals surface area contributed by atoms with Crippen molar-refractivity contribution in [3.8, 4) is 5.75 Å². The lowest BCUT2D eigenvalue weighted by atomic mass is 9.98. The van der Waals surface area contributed by atoms with E-state index in [4.69, 9.17) is 4.74 Å². The summed E-state index contributed by atoms with van der Waals surface area (Å²) in [7, 11) is 0. The lowest BCUT2D eigenvalue weighted by Crippen LogP contribution is -2.44. The van der Waals surface area contributed by atoms with E-state index in [9.17, 15) is 14.0 Å². The molecule has 1 aromatic carbocycles. The first-order valence-electron chi connectivity index (χ1n) is 9.04. The van der Waals surface area contributed by atoms with E-state index >= 15 is 0 Å². The Balaban J connectivity index is 1.98. The summed E-state index contributed by atoms with van der Waals surface area (Å²) in [6.07, 6.45) is 1.83. The molecule has 0 radical (unpaired) electrons. The molecule has 0 aliphatic carbocycles. The predicted molar refractivity (Wildman–Crippen MR) is 98.9 cm³/mol. The topological polar surface area (TPSA) is 58.6 Å². The second kappa shape index (κ2) is 9.36. The summed E-state index contributed by atoms with van der Waals surface area (Å²) in [6.45, 7) is 7.28. The summed E-state index contributed by atoms with van der Waals surface area (Å²) in [5.74, 6) is 0.707. The van der Waals surface area contributed by atoms with Gasteiger partial charge < -0.3 is 15.0 Å². The minimum atomic E-state index is -0.143. The third-order valence-corrected chi connectivity index (χ3v) is 4.32. The van der Waals surface area contributed by atoms with Crippen LogP contribution in [0.15, 0.2) is 30.1 Å². The van der Waals surface area contributed by atoms with Crippen LogP contribution in [0.4, 0.5) is 4.39 Å².